The number of carboxylic acid groups (broad SMARTS) is 2. The Bertz CT molecular complexity index is 755. The average molecular weight is 488 g/mol. The van der Waals surface area contributed by atoms with Crippen molar-refractivity contribution < 1.29 is 39.0 Å². The minimum absolute atomic E-state index is 0.00720. The van der Waals surface area contributed by atoms with Gasteiger partial charge in [-0.2, -0.15) is 0 Å². The minimum Gasteiger partial charge on any atom is -0.481 e. The van der Waals surface area contributed by atoms with Crippen molar-refractivity contribution in [3.8, 4) is 0 Å². The summed E-state index contributed by atoms with van der Waals surface area (Å²) in [6.07, 6.45) is -0.781. The van der Waals surface area contributed by atoms with E-state index < -0.39 is 65.7 Å². The van der Waals surface area contributed by atoms with Crippen molar-refractivity contribution in [2.45, 2.75) is 84.0 Å². The van der Waals surface area contributed by atoms with Gasteiger partial charge in [0, 0.05) is 12.8 Å². The van der Waals surface area contributed by atoms with Crippen LogP contribution in [0, 0.1) is 11.8 Å². The summed E-state index contributed by atoms with van der Waals surface area (Å²) in [5, 5.41) is 25.4. The highest BCUT2D eigenvalue weighted by Gasteiger charge is 2.32. The lowest BCUT2D eigenvalue weighted by Gasteiger charge is -2.27. The molecule has 13 heteroatoms. The molecule has 4 amide bonds. The number of carbonyl (C=O) groups is 6. The van der Waals surface area contributed by atoms with Gasteiger partial charge in [-0.3, -0.25) is 24.0 Å². The number of rotatable bonds is 16. The van der Waals surface area contributed by atoms with Gasteiger partial charge in [0.1, 0.15) is 18.1 Å². The maximum atomic E-state index is 12.9. The third-order valence-electron chi connectivity index (χ3n) is 4.89. The number of amides is 4. The van der Waals surface area contributed by atoms with Gasteiger partial charge in [0.2, 0.25) is 23.6 Å². The molecule has 0 bridgehead atoms. The standard InChI is InChI=1S/C21H37N5O8/c1-10(2)9-14(21(33)34)25-20(32)17(11(3)4)26-19(31)13(6-7-15(23)27)24-18(30)12(22)5-8-16(28)29/h10-14,17H,5-9,22H2,1-4H3,(H2,23,27)(H,24,30)(H,25,32)(H,26,31)(H,28,29)(H,33,34). The quantitative estimate of drug-likeness (QED) is 0.137. The smallest absolute Gasteiger partial charge is 0.326 e. The Kier molecular flexibility index (Phi) is 13.4. The molecule has 0 aliphatic heterocycles. The van der Waals surface area contributed by atoms with Gasteiger partial charge >= 0.3 is 11.9 Å². The number of nitrogens with two attached hydrogens (primary N) is 2. The molecular weight excluding hydrogens is 450 g/mol. The summed E-state index contributed by atoms with van der Waals surface area (Å²) >= 11 is 0. The molecule has 194 valence electrons. The van der Waals surface area contributed by atoms with Gasteiger partial charge in [0.25, 0.3) is 0 Å². The normalized spacial score (nSPS) is 14.6. The molecule has 34 heavy (non-hydrogen) atoms. The van der Waals surface area contributed by atoms with E-state index in [0.717, 1.165) is 0 Å². The second-order valence-corrected chi connectivity index (χ2v) is 8.86. The van der Waals surface area contributed by atoms with Crippen LogP contribution in [0.1, 0.15) is 59.8 Å². The fourth-order valence-electron chi connectivity index (χ4n) is 2.99. The number of hydrogen-bond acceptors (Lipinski definition) is 7. The first-order valence-electron chi connectivity index (χ1n) is 11.0. The van der Waals surface area contributed by atoms with E-state index in [1.54, 1.807) is 27.7 Å². The molecule has 0 radical (unpaired) electrons. The predicted octanol–water partition coefficient (Wildman–Crippen LogP) is -1.31. The molecule has 0 saturated carbocycles. The van der Waals surface area contributed by atoms with E-state index in [2.05, 4.69) is 16.0 Å². The molecule has 13 nitrogen and oxygen atoms in total. The molecule has 0 aromatic heterocycles. The van der Waals surface area contributed by atoms with Gasteiger partial charge in [0.05, 0.1) is 6.04 Å². The van der Waals surface area contributed by atoms with Crippen LogP contribution in [0.15, 0.2) is 0 Å². The van der Waals surface area contributed by atoms with Crippen LogP contribution in [0.3, 0.4) is 0 Å². The van der Waals surface area contributed by atoms with Crippen LogP contribution in [-0.2, 0) is 28.8 Å². The van der Waals surface area contributed by atoms with Crippen LogP contribution >= 0.6 is 0 Å². The second-order valence-electron chi connectivity index (χ2n) is 8.86. The Morgan fingerprint density at radius 3 is 1.76 bits per heavy atom. The second kappa shape index (κ2) is 14.8. The summed E-state index contributed by atoms with van der Waals surface area (Å²) in [5.74, 6) is -5.85. The Labute approximate surface area is 198 Å². The zero-order chi connectivity index (χ0) is 26.6. The summed E-state index contributed by atoms with van der Waals surface area (Å²) < 4.78 is 0. The molecule has 0 aromatic rings. The lowest BCUT2D eigenvalue weighted by atomic mass is 9.99. The topological polar surface area (TPSA) is 231 Å². The molecule has 0 saturated heterocycles. The number of primary amides is 1. The summed E-state index contributed by atoms with van der Waals surface area (Å²) in [4.78, 5) is 71.3. The van der Waals surface area contributed by atoms with Crippen LogP contribution < -0.4 is 27.4 Å². The third kappa shape index (κ3) is 12.1. The van der Waals surface area contributed by atoms with Gasteiger partial charge in [-0.25, -0.2) is 4.79 Å². The Morgan fingerprint density at radius 2 is 1.32 bits per heavy atom. The van der Waals surface area contributed by atoms with Crippen molar-refractivity contribution in [2.75, 3.05) is 0 Å². The summed E-state index contributed by atoms with van der Waals surface area (Å²) in [6.45, 7) is 6.89. The SMILES string of the molecule is CC(C)CC(NC(=O)C(NC(=O)C(CCC(N)=O)NC(=O)C(N)CCC(=O)O)C(C)C)C(=O)O. The largest absolute Gasteiger partial charge is 0.481 e. The van der Waals surface area contributed by atoms with E-state index >= 15 is 0 Å². The monoisotopic (exact) mass is 487 g/mol. The zero-order valence-electron chi connectivity index (χ0n) is 20.0. The molecule has 9 N–H and O–H groups in total. The van der Waals surface area contributed by atoms with Crippen molar-refractivity contribution >= 4 is 35.6 Å². The highest BCUT2D eigenvalue weighted by Crippen LogP contribution is 2.09. The molecule has 0 aromatic carbocycles. The van der Waals surface area contributed by atoms with E-state index in [1.807, 2.05) is 0 Å². The van der Waals surface area contributed by atoms with Crippen molar-refractivity contribution in [3.05, 3.63) is 0 Å². The van der Waals surface area contributed by atoms with E-state index in [4.69, 9.17) is 16.6 Å². The average Bonchev–Trinajstić information content (AvgIpc) is 2.71. The number of hydrogen-bond donors (Lipinski definition) is 7. The molecule has 0 spiro atoms. The Hall–Kier alpha value is -3.22. The van der Waals surface area contributed by atoms with Gasteiger partial charge in [-0.1, -0.05) is 27.7 Å². The van der Waals surface area contributed by atoms with Gasteiger partial charge in [-0.15, -0.1) is 0 Å². The number of carbonyl (C=O) groups excluding carboxylic acids is 4. The van der Waals surface area contributed by atoms with Gasteiger partial charge < -0.3 is 37.6 Å². The first-order valence-corrected chi connectivity index (χ1v) is 11.0. The fourth-order valence-corrected chi connectivity index (χ4v) is 2.99. The highest BCUT2D eigenvalue weighted by molar-refractivity contribution is 5.94. The lowest BCUT2D eigenvalue weighted by molar-refractivity contribution is -0.143. The van der Waals surface area contributed by atoms with E-state index in [9.17, 15) is 33.9 Å². The fraction of sp³-hybridized carbons (Fsp3) is 0.714. The highest BCUT2D eigenvalue weighted by atomic mass is 16.4. The Morgan fingerprint density at radius 1 is 0.765 bits per heavy atom. The summed E-state index contributed by atoms with van der Waals surface area (Å²) in [5.41, 5.74) is 10.8. The number of aliphatic carboxylic acids is 2. The van der Waals surface area contributed by atoms with E-state index in [-0.39, 0.29) is 38.0 Å². The predicted molar refractivity (Wildman–Crippen MR) is 121 cm³/mol. The van der Waals surface area contributed by atoms with Gasteiger partial charge in [0.15, 0.2) is 0 Å². The van der Waals surface area contributed by atoms with Crippen LogP contribution in [0.5, 0.6) is 0 Å². The lowest BCUT2D eigenvalue weighted by Crippen LogP contribution is -2.58. The summed E-state index contributed by atoms with van der Waals surface area (Å²) in [6, 6.07) is -4.77. The molecule has 0 fully saturated rings. The van der Waals surface area contributed by atoms with Crippen LogP contribution in [-0.4, -0.2) is 69.9 Å². The van der Waals surface area contributed by atoms with E-state index in [0.29, 0.717) is 0 Å². The maximum Gasteiger partial charge on any atom is 0.326 e. The Balaban J connectivity index is 5.47. The van der Waals surface area contributed by atoms with Crippen molar-refractivity contribution in [3.63, 3.8) is 0 Å². The first kappa shape index (κ1) is 30.8. The van der Waals surface area contributed by atoms with Crippen LogP contribution in [0.25, 0.3) is 0 Å². The van der Waals surface area contributed by atoms with E-state index in [1.165, 1.54) is 0 Å². The number of carboxylic acids is 2. The zero-order valence-corrected chi connectivity index (χ0v) is 20.0. The molecule has 4 atom stereocenters. The van der Waals surface area contributed by atoms with Crippen LogP contribution in [0.2, 0.25) is 0 Å². The van der Waals surface area contributed by atoms with Gasteiger partial charge in [-0.05, 0) is 31.1 Å². The van der Waals surface area contributed by atoms with Crippen molar-refractivity contribution in [1.29, 1.82) is 0 Å². The minimum atomic E-state index is -1.28. The third-order valence-corrected chi connectivity index (χ3v) is 4.89. The maximum absolute atomic E-state index is 12.9. The van der Waals surface area contributed by atoms with Crippen LogP contribution in [0.4, 0.5) is 0 Å². The first-order chi connectivity index (χ1) is 15.6. The number of nitrogens with one attached hydrogen (secondary N) is 3. The summed E-state index contributed by atoms with van der Waals surface area (Å²) in [7, 11) is 0. The molecule has 0 aliphatic carbocycles. The van der Waals surface area contributed by atoms with Crippen molar-refractivity contribution in [2.24, 2.45) is 23.3 Å². The molecular formula is C21H37N5O8. The molecule has 0 rings (SSSR count). The molecule has 0 aliphatic rings. The molecule has 4 unspecified atom stereocenters. The molecule has 0 heterocycles. The van der Waals surface area contributed by atoms with Crippen molar-refractivity contribution in [1.82, 2.24) is 16.0 Å².